The molecule has 0 saturated carbocycles. The van der Waals surface area contributed by atoms with Crippen LogP contribution in [-0.2, 0) is 0 Å². The maximum atomic E-state index is 2.50. The van der Waals surface area contributed by atoms with Gasteiger partial charge in [0.15, 0.2) is 0 Å². The largest absolute Gasteiger partial charge is 0.309 e. The first kappa shape index (κ1) is 28.3. The Morgan fingerprint density at radius 2 is 1.08 bits per heavy atom. The Morgan fingerprint density at radius 3 is 1.94 bits per heavy atom. The number of hydrogen-bond acceptors (Lipinski definition) is 3. The van der Waals surface area contributed by atoms with Gasteiger partial charge in [0.05, 0.1) is 11.4 Å². The highest BCUT2D eigenvalue weighted by atomic mass is 32.1. The fraction of sp³-hybridized carbons (Fsp3) is 0. The lowest BCUT2D eigenvalue weighted by Crippen LogP contribution is -2.11. The van der Waals surface area contributed by atoms with Crippen LogP contribution in [0.3, 0.4) is 0 Å². The molecule has 0 radical (unpaired) electrons. The zero-order chi connectivity index (χ0) is 32.3. The summed E-state index contributed by atoms with van der Waals surface area (Å²) in [5, 5.41) is 7.62. The molecule has 1 nitrogen and oxygen atoms in total. The number of rotatable bonds is 5. The lowest BCUT2D eigenvalue weighted by Gasteiger charge is -2.28. The normalized spacial score (nSPS) is 11.7. The molecule has 10 aromatic rings. The van der Waals surface area contributed by atoms with Crippen molar-refractivity contribution in [2.75, 3.05) is 4.90 Å². The van der Waals surface area contributed by atoms with Gasteiger partial charge in [-0.1, -0.05) is 133 Å². The van der Waals surface area contributed by atoms with E-state index in [1.807, 2.05) is 22.7 Å². The summed E-state index contributed by atoms with van der Waals surface area (Å²) < 4.78 is 5.22. The predicted molar refractivity (Wildman–Crippen MR) is 215 cm³/mol. The van der Waals surface area contributed by atoms with Gasteiger partial charge in [0.25, 0.3) is 0 Å². The third-order valence-electron chi connectivity index (χ3n) is 9.66. The average Bonchev–Trinajstić information content (AvgIpc) is 3.74. The van der Waals surface area contributed by atoms with Gasteiger partial charge >= 0.3 is 0 Å². The van der Waals surface area contributed by atoms with Crippen LogP contribution in [0.4, 0.5) is 17.1 Å². The van der Waals surface area contributed by atoms with Gasteiger partial charge in [0.1, 0.15) is 0 Å². The van der Waals surface area contributed by atoms with Crippen molar-refractivity contribution < 1.29 is 0 Å². The molecule has 3 heteroatoms. The van der Waals surface area contributed by atoms with E-state index in [0.717, 1.165) is 5.69 Å². The molecule has 10 rings (SSSR count). The molecule has 0 atom stereocenters. The second-order valence-corrected chi connectivity index (χ2v) is 14.6. The Hall–Kier alpha value is -5.74. The number of thiophene rings is 2. The van der Waals surface area contributed by atoms with Gasteiger partial charge in [-0.25, -0.2) is 0 Å². The van der Waals surface area contributed by atoms with E-state index < -0.39 is 0 Å². The first-order valence-electron chi connectivity index (χ1n) is 16.6. The topological polar surface area (TPSA) is 3.24 Å². The Bertz CT molecular complexity index is 2820. The van der Waals surface area contributed by atoms with Gasteiger partial charge in [-0.15, -0.1) is 22.7 Å². The highest BCUT2D eigenvalue weighted by Crippen LogP contribution is 2.50. The Balaban J connectivity index is 1.25. The van der Waals surface area contributed by atoms with Crippen LogP contribution >= 0.6 is 22.7 Å². The monoisotopic (exact) mass is 659 g/mol. The molecular formula is C46H29NS2. The standard InChI is InChI=1S/C46H29NS2/c1-3-12-30(13-4-1)33-22-24-37-39-29-34(23-27-43(39)48-44(37)28-33)47(40-20-11-17-31-16-7-8-18-35(31)40)41-26-25-36(32-14-5-2-6-15-32)46-45(41)38-19-9-10-21-42(38)49-46/h1-29H. The van der Waals surface area contributed by atoms with Gasteiger partial charge in [-0.05, 0) is 70.1 Å². The van der Waals surface area contributed by atoms with Crippen LogP contribution in [0.25, 0.3) is 73.4 Å². The molecule has 0 saturated heterocycles. The molecule has 49 heavy (non-hydrogen) atoms. The van der Waals surface area contributed by atoms with Gasteiger partial charge in [-0.2, -0.15) is 0 Å². The summed E-state index contributed by atoms with van der Waals surface area (Å²) in [5.74, 6) is 0. The fourth-order valence-corrected chi connectivity index (χ4v) is 9.75. The second-order valence-electron chi connectivity index (χ2n) is 12.5. The Kier molecular flexibility index (Phi) is 6.61. The summed E-state index contributed by atoms with van der Waals surface area (Å²) in [6, 6.07) is 64.4. The summed E-state index contributed by atoms with van der Waals surface area (Å²) in [6.45, 7) is 0. The number of anilines is 3. The smallest absolute Gasteiger partial charge is 0.0555 e. The first-order valence-corrected chi connectivity index (χ1v) is 18.2. The van der Waals surface area contributed by atoms with Crippen LogP contribution in [0.1, 0.15) is 0 Å². The van der Waals surface area contributed by atoms with Crippen LogP contribution in [0.5, 0.6) is 0 Å². The van der Waals surface area contributed by atoms with E-state index in [1.54, 1.807) is 0 Å². The van der Waals surface area contributed by atoms with Gasteiger partial charge in [0, 0.05) is 51.4 Å². The van der Waals surface area contributed by atoms with Crippen LogP contribution in [-0.4, -0.2) is 0 Å². The van der Waals surface area contributed by atoms with Crippen molar-refractivity contribution in [3.05, 3.63) is 176 Å². The van der Waals surface area contributed by atoms with E-state index in [-0.39, 0.29) is 0 Å². The molecule has 2 aromatic heterocycles. The van der Waals surface area contributed by atoms with Crippen LogP contribution in [0.2, 0.25) is 0 Å². The maximum Gasteiger partial charge on any atom is 0.0555 e. The molecule has 0 bridgehead atoms. The molecule has 0 aliphatic heterocycles. The van der Waals surface area contributed by atoms with Crippen molar-refractivity contribution in [3.8, 4) is 22.3 Å². The molecule has 2 heterocycles. The summed E-state index contributed by atoms with van der Waals surface area (Å²) in [4.78, 5) is 2.50. The lowest BCUT2D eigenvalue weighted by molar-refractivity contribution is 1.32. The molecule has 230 valence electrons. The third kappa shape index (κ3) is 4.66. The molecular weight excluding hydrogens is 631 g/mol. The highest BCUT2D eigenvalue weighted by Gasteiger charge is 2.23. The summed E-state index contributed by atoms with van der Waals surface area (Å²) in [7, 11) is 0. The molecule has 0 unspecified atom stereocenters. The van der Waals surface area contributed by atoms with E-state index >= 15 is 0 Å². The molecule has 0 N–H and O–H groups in total. The number of fused-ring (bicyclic) bond motifs is 7. The van der Waals surface area contributed by atoms with Crippen molar-refractivity contribution in [3.63, 3.8) is 0 Å². The van der Waals surface area contributed by atoms with E-state index in [0.29, 0.717) is 0 Å². The van der Waals surface area contributed by atoms with Crippen molar-refractivity contribution in [1.82, 2.24) is 0 Å². The third-order valence-corrected chi connectivity index (χ3v) is 12.0. The minimum Gasteiger partial charge on any atom is -0.309 e. The number of benzene rings is 8. The van der Waals surface area contributed by atoms with E-state index in [9.17, 15) is 0 Å². The fourth-order valence-electron chi connectivity index (χ4n) is 7.37. The summed E-state index contributed by atoms with van der Waals surface area (Å²) >= 11 is 3.76. The lowest BCUT2D eigenvalue weighted by atomic mass is 9.99. The minimum absolute atomic E-state index is 1.15. The molecule has 0 aliphatic carbocycles. The Labute approximate surface area is 292 Å². The zero-order valence-corrected chi connectivity index (χ0v) is 28.1. The quantitative estimate of drug-likeness (QED) is 0.178. The molecule has 0 fully saturated rings. The highest BCUT2D eigenvalue weighted by molar-refractivity contribution is 7.26. The van der Waals surface area contributed by atoms with Crippen LogP contribution in [0, 0.1) is 0 Å². The number of nitrogens with zero attached hydrogens (tertiary/aromatic N) is 1. The van der Waals surface area contributed by atoms with Crippen molar-refractivity contribution in [2.24, 2.45) is 0 Å². The van der Waals surface area contributed by atoms with E-state index in [2.05, 4.69) is 181 Å². The molecule has 0 amide bonds. The van der Waals surface area contributed by atoms with E-state index in [4.69, 9.17) is 0 Å². The van der Waals surface area contributed by atoms with Crippen molar-refractivity contribution >= 4 is 90.9 Å². The van der Waals surface area contributed by atoms with Crippen LogP contribution < -0.4 is 4.90 Å². The first-order chi connectivity index (χ1) is 24.3. The summed E-state index contributed by atoms with van der Waals surface area (Å²) in [6.07, 6.45) is 0. The SMILES string of the molecule is c1ccc(-c2ccc3c(c2)sc2ccc(N(c4cccc5ccccc45)c4ccc(-c5ccccc5)c5sc6ccccc6c45)cc23)cc1. The van der Waals surface area contributed by atoms with Gasteiger partial charge < -0.3 is 4.90 Å². The second kappa shape index (κ2) is 11.5. The molecule has 8 aromatic carbocycles. The number of hydrogen-bond donors (Lipinski definition) is 0. The average molecular weight is 660 g/mol. The van der Waals surface area contributed by atoms with Gasteiger partial charge in [0.2, 0.25) is 0 Å². The predicted octanol–water partition coefficient (Wildman–Crippen LogP) is 14.4. The van der Waals surface area contributed by atoms with Gasteiger partial charge in [-0.3, -0.25) is 0 Å². The van der Waals surface area contributed by atoms with E-state index in [1.165, 1.54) is 84.7 Å². The maximum absolute atomic E-state index is 2.50. The summed E-state index contributed by atoms with van der Waals surface area (Å²) in [5.41, 5.74) is 8.52. The zero-order valence-electron chi connectivity index (χ0n) is 26.5. The van der Waals surface area contributed by atoms with Crippen molar-refractivity contribution in [1.29, 1.82) is 0 Å². The Morgan fingerprint density at radius 1 is 0.367 bits per heavy atom. The minimum atomic E-state index is 1.15. The molecule has 0 aliphatic rings. The molecule has 0 spiro atoms. The van der Waals surface area contributed by atoms with Crippen molar-refractivity contribution in [2.45, 2.75) is 0 Å². The van der Waals surface area contributed by atoms with Crippen LogP contribution in [0.15, 0.2) is 176 Å².